The Morgan fingerprint density at radius 1 is 1.27 bits per heavy atom. The maximum Gasteiger partial charge on any atom is 0.254 e. The Morgan fingerprint density at radius 3 is 2.68 bits per heavy atom. The van der Waals surface area contributed by atoms with Crippen molar-refractivity contribution in [2.75, 3.05) is 6.54 Å². The summed E-state index contributed by atoms with van der Waals surface area (Å²) < 4.78 is 0. The highest BCUT2D eigenvalue weighted by Gasteiger charge is 2.21. The first-order chi connectivity index (χ1) is 10.5. The topological polar surface area (TPSA) is 49.0 Å². The summed E-state index contributed by atoms with van der Waals surface area (Å²) in [6.45, 7) is 8.78. The van der Waals surface area contributed by atoms with E-state index in [2.05, 4.69) is 59.9 Å². The van der Waals surface area contributed by atoms with Crippen molar-refractivity contribution in [2.45, 2.75) is 46.2 Å². The molecule has 0 unspecified atom stereocenters. The Kier molecular flexibility index (Phi) is 4.12. The first-order valence-corrected chi connectivity index (χ1v) is 7.93. The monoisotopic (exact) mass is 297 g/mol. The molecule has 116 valence electrons. The smallest absolute Gasteiger partial charge is 0.254 e. The number of aromatic nitrogens is 2. The van der Waals surface area contributed by atoms with Crippen LogP contribution in [0.1, 0.15) is 48.0 Å². The fourth-order valence-corrected chi connectivity index (χ4v) is 2.87. The van der Waals surface area contributed by atoms with Crippen LogP contribution in [0.25, 0.3) is 0 Å². The molecule has 4 heteroatoms. The highest BCUT2D eigenvalue weighted by molar-refractivity contribution is 5.24. The van der Waals surface area contributed by atoms with E-state index in [1.807, 2.05) is 0 Å². The molecule has 0 saturated heterocycles. The number of nitrogens with zero attached hydrogens (tertiary/aromatic N) is 2. The third-order valence-corrected chi connectivity index (χ3v) is 4.24. The largest absolute Gasteiger partial charge is 0.310 e. The summed E-state index contributed by atoms with van der Waals surface area (Å²) in [5.74, 6) is 1.03. The molecular weight excluding hydrogens is 274 g/mol. The van der Waals surface area contributed by atoms with Crippen LogP contribution in [0, 0.1) is 6.92 Å². The molecular formula is C18H23N3O. The van der Waals surface area contributed by atoms with Gasteiger partial charge < -0.3 is 4.98 Å². The van der Waals surface area contributed by atoms with Crippen molar-refractivity contribution >= 4 is 0 Å². The molecule has 0 saturated carbocycles. The minimum atomic E-state index is 0.0451. The summed E-state index contributed by atoms with van der Waals surface area (Å²) in [7, 11) is 0. The van der Waals surface area contributed by atoms with Gasteiger partial charge in [-0.15, -0.1) is 0 Å². The Bertz CT molecular complexity index is 716. The molecule has 0 radical (unpaired) electrons. The summed E-state index contributed by atoms with van der Waals surface area (Å²) in [5, 5.41) is 0. The summed E-state index contributed by atoms with van der Waals surface area (Å²) in [6, 6.07) is 8.64. The van der Waals surface area contributed by atoms with Crippen LogP contribution >= 0.6 is 0 Å². The van der Waals surface area contributed by atoms with Crippen molar-refractivity contribution in [3.8, 4) is 0 Å². The van der Waals surface area contributed by atoms with Gasteiger partial charge in [-0.2, -0.15) is 0 Å². The number of aromatic amines is 1. The molecule has 0 spiro atoms. The average Bonchev–Trinajstić information content (AvgIpc) is 2.49. The van der Waals surface area contributed by atoms with Crippen molar-refractivity contribution < 1.29 is 0 Å². The van der Waals surface area contributed by atoms with Gasteiger partial charge in [-0.25, -0.2) is 4.98 Å². The number of H-pyrrole nitrogens is 1. The molecule has 2 aromatic rings. The van der Waals surface area contributed by atoms with Gasteiger partial charge in [-0.05, 0) is 18.9 Å². The Labute approximate surface area is 131 Å². The molecule has 0 fully saturated rings. The van der Waals surface area contributed by atoms with Gasteiger partial charge in [0.25, 0.3) is 5.56 Å². The van der Waals surface area contributed by atoms with Crippen molar-refractivity contribution in [3.05, 3.63) is 62.8 Å². The molecule has 1 aromatic carbocycles. The fraction of sp³-hybridized carbons (Fsp3) is 0.444. The maximum absolute atomic E-state index is 12.2. The van der Waals surface area contributed by atoms with Crippen LogP contribution in [0.3, 0.4) is 0 Å². The van der Waals surface area contributed by atoms with Gasteiger partial charge in [-0.1, -0.05) is 43.7 Å². The fourth-order valence-electron chi connectivity index (χ4n) is 2.87. The van der Waals surface area contributed by atoms with Gasteiger partial charge in [0.05, 0.1) is 5.69 Å². The molecule has 4 nitrogen and oxygen atoms in total. The van der Waals surface area contributed by atoms with Gasteiger partial charge in [0.2, 0.25) is 0 Å². The number of benzene rings is 1. The molecule has 3 rings (SSSR count). The molecule has 22 heavy (non-hydrogen) atoms. The third kappa shape index (κ3) is 3.12. The summed E-state index contributed by atoms with van der Waals surface area (Å²) in [5.41, 5.74) is 4.45. The number of nitrogens with one attached hydrogen (secondary N) is 1. The second kappa shape index (κ2) is 6.05. The van der Waals surface area contributed by atoms with E-state index >= 15 is 0 Å². The zero-order chi connectivity index (χ0) is 15.7. The summed E-state index contributed by atoms with van der Waals surface area (Å²) in [6.07, 6.45) is 0.780. The van der Waals surface area contributed by atoms with Gasteiger partial charge in [0.1, 0.15) is 5.82 Å². The lowest BCUT2D eigenvalue weighted by Gasteiger charge is -2.28. The Morgan fingerprint density at radius 2 is 2.00 bits per heavy atom. The molecule has 0 aliphatic carbocycles. The third-order valence-electron chi connectivity index (χ3n) is 4.24. The summed E-state index contributed by atoms with van der Waals surface area (Å²) >= 11 is 0. The van der Waals surface area contributed by atoms with E-state index in [0.717, 1.165) is 43.1 Å². The lowest BCUT2D eigenvalue weighted by atomic mass is 10.0. The molecule has 1 N–H and O–H groups in total. The Hall–Kier alpha value is -1.94. The predicted molar refractivity (Wildman–Crippen MR) is 87.9 cm³/mol. The van der Waals surface area contributed by atoms with Crippen molar-refractivity contribution in [2.24, 2.45) is 0 Å². The molecule has 0 bridgehead atoms. The van der Waals surface area contributed by atoms with Crippen LogP contribution in [0.4, 0.5) is 0 Å². The highest BCUT2D eigenvalue weighted by Crippen LogP contribution is 2.18. The molecule has 0 atom stereocenters. The summed E-state index contributed by atoms with van der Waals surface area (Å²) in [4.78, 5) is 22.1. The lowest BCUT2D eigenvalue weighted by Crippen LogP contribution is -2.35. The zero-order valence-electron chi connectivity index (χ0n) is 13.5. The van der Waals surface area contributed by atoms with Crippen LogP contribution in [-0.2, 0) is 19.5 Å². The van der Waals surface area contributed by atoms with E-state index in [4.69, 9.17) is 0 Å². The standard InChI is InChI=1S/C18H23N3O/c1-12(2)17-19-16-11-21(9-8-15(16)18(22)20-17)10-14-6-4-13(3)5-7-14/h4-7,12H,8-11H2,1-3H3,(H,19,20,22). The zero-order valence-corrected chi connectivity index (χ0v) is 13.5. The number of fused-ring (bicyclic) bond motifs is 1. The average molecular weight is 297 g/mol. The molecule has 1 aromatic heterocycles. The normalized spacial score (nSPS) is 15.1. The molecule has 1 aliphatic rings. The number of rotatable bonds is 3. The van der Waals surface area contributed by atoms with E-state index in [0.29, 0.717) is 0 Å². The number of aryl methyl sites for hydroxylation is 1. The van der Waals surface area contributed by atoms with Crippen LogP contribution in [0.5, 0.6) is 0 Å². The van der Waals surface area contributed by atoms with E-state index in [1.165, 1.54) is 11.1 Å². The number of hydrogen-bond acceptors (Lipinski definition) is 3. The van der Waals surface area contributed by atoms with Gasteiger partial charge >= 0.3 is 0 Å². The van der Waals surface area contributed by atoms with Crippen molar-refractivity contribution in [3.63, 3.8) is 0 Å². The van der Waals surface area contributed by atoms with Gasteiger partial charge in [0.15, 0.2) is 0 Å². The first-order valence-electron chi connectivity index (χ1n) is 7.93. The van der Waals surface area contributed by atoms with Crippen LogP contribution in [0.2, 0.25) is 0 Å². The molecule has 2 heterocycles. The highest BCUT2D eigenvalue weighted by atomic mass is 16.1. The van der Waals surface area contributed by atoms with Crippen LogP contribution < -0.4 is 5.56 Å². The quantitative estimate of drug-likeness (QED) is 0.947. The van der Waals surface area contributed by atoms with E-state index < -0.39 is 0 Å². The van der Waals surface area contributed by atoms with E-state index in [-0.39, 0.29) is 11.5 Å². The first kappa shape index (κ1) is 15.0. The predicted octanol–water partition coefficient (Wildman–Crippen LogP) is 2.76. The van der Waals surface area contributed by atoms with Crippen molar-refractivity contribution in [1.29, 1.82) is 0 Å². The van der Waals surface area contributed by atoms with E-state index in [9.17, 15) is 4.79 Å². The minimum Gasteiger partial charge on any atom is -0.310 e. The second-order valence-electron chi connectivity index (χ2n) is 6.48. The lowest BCUT2D eigenvalue weighted by molar-refractivity contribution is 0.240. The Balaban J connectivity index is 1.80. The van der Waals surface area contributed by atoms with Gasteiger partial charge in [0, 0.05) is 31.1 Å². The minimum absolute atomic E-state index is 0.0451. The maximum atomic E-state index is 12.2. The molecule has 1 aliphatic heterocycles. The number of hydrogen-bond donors (Lipinski definition) is 1. The van der Waals surface area contributed by atoms with Gasteiger partial charge in [-0.3, -0.25) is 9.69 Å². The SMILES string of the molecule is Cc1ccc(CN2CCc3c(nc(C(C)C)[nH]c3=O)C2)cc1. The van der Waals surface area contributed by atoms with Crippen LogP contribution in [-0.4, -0.2) is 21.4 Å². The van der Waals surface area contributed by atoms with Crippen molar-refractivity contribution in [1.82, 2.24) is 14.9 Å². The van der Waals surface area contributed by atoms with E-state index in [1.54, 1.807) is 0 Å². The van der Waals surface area contributed by atoms with Crippen LogP contribution in [0.15, 0.2) is 29.1 Å². The molecule has 0 amide bonds. The second-order valence-corrected chi connectivity index (χ2v) is 6.48.